The molecule has 0 aliphatic heterocycles. The minimum atomic E-state index is -1.01. The molecule has 0 amide bonds. The van der Waals surface area contributed by atoms with E-state index in [2.05, 4.69) is 27.6 Å². The highest BCUT2D eigenvalue weighted by atomic mass is 127. The molecule has 1 aromatic heterocycles. The molecule has 0 saturated carbocycles. The van der Waals surface area contributed by atoms with Gasteiger partial charge in [0.1, 0.15) is 5.52 Å². The van der Waals surface area contributed by atoms with Crippen molar-refractivity contribution in [3.05, 3.63) is 51.6 Å². The molecule has 19 heavy (non-hydrogen) atoms. The summed E-state index contributed by atoms with van der Waals surface area (Å²) in [6, 6.07) is 12.6. The molecule has 1 heterocycles. The van der Waals surface area contributed by atoms with E-state index in [-0.39, 0.29) is 5.56 Å². The van der Waals surface area contributed by atoms with Gasteiger partial charge in [-0.2, -0.15) is 0 Å². The average molecular weight is 365 g/mol. The molecule has 4 nitrogen and oxygen atoms in total. The lowest BCUT2D eigenvalue weighted by Gasteiger charge is -1.97. The first-order valence-corrected chi connectivity index (χ1v) is 6.62. The standard InChI is InChI=1S/C14H8INO3/c15-10-6-2-1-4-8(10)13-16-12-9(14(17)18)5-3-7-11(12)19-13/h1-7H,(H,17,18). The second-order valence-corrected chi connectivity index (χ2v) is 5.12. The van der Waals surface area contributed by atoms with E-state index >= 15 is 0 Å². The zero-order valence-electron chi connectivity index (χ0n) is 9.63. The number of halogens is 1. The Balaban J connectivity index is 2.26. The lowest BCUT2D eigenvalue weighted by atomic mass is 10.2. The predicted octanol–water partition coefficient (Wildman–Crippen LogP) is 3.80. The molecule has 5 heteroatoms. The number of benzene rings is 2. The molecule has 0 aliphatic carbocycles. The number of hydrogen-bond acceptors (Lipinski definition) is 3. The van der Waals surface area contributed by atoms with Gasteiger partial charge in [0.05, 0.1) is 11.1 Å². The number of aromatic carboxylic acids is 1. The third-order valence-electron chi connectivity index (χ3n) is 2.75. The molecule has 0 saturated heterocycles. The molecule has 0 fully saturated rings. The average Bonchev–Trinajstić information content (AvgIpc) is 2.82. The second kappa shape index (κ2) is 4.65. The topological polar surface area (TPSA) is 63.3 Å². The number of nitrogens with zero attached hydrogens (tertiary/aromatic N) is 1. The van der Waals surface area contributed by atoms with Gasteiger partial charge in [-0.1, -0.05) is 18.2 Å². The van der Waals surface area contributed by atoms with Gasteiger partial charge >= 0.3 is 5.97 Å². The highest BCUT2D eigenvalue weighted by molar-refractivity contribution is 14.1. The van der Waals surface area contributed by atoms with Gasteiger partial charge in [-0.25, -0.2) is 9.78 Å². The number of aromatic nitrogens is 1. The summed E-state index contributed by atoms with van der Waals surface area (Å²) < 4.78 is 6.65. The quantitative estimate of drug-likeness (QED) is 0.702. The Labute approximate surface area is 122 Å². The Hall–Kier alpha value is -1.89. The number of carboxylic acids is 1. The minimum Gasteiger partial charge on any atom is -0.478 e. The van der Waals surface area contributed by atoms with Crippen LogP contribution in [0.25, 0.3) is 22.6 Å². The summed E-state index contributed by atoms with van der Waals surface area (Å²) in [5, 5.41) is 9.13. The van der Waals surface area contributed by atoms with Crippen LogP contribution in [0.5, 0.6) is 0 Å². The fourth-order valence-electron chi connectivity index (χ4n) is 1.87. The molecule has 0 aliphatic rings. The van der Waals surface area contributed by atoms with E-state index in [0.29, 0.717) is 17.0 Å². The molecule has 3 aromatic rings. The molecule has 0 bridgehead atoms. The summed E-state index contributed by atoms with van der Waals surface area (Å²) in [5.74, 6) is -0.568. The lowest BCUT2D eigenvalue weighted by molar-refractivity contribution is 0.0699. The van der Waals surface area contributed by atoms with Crippen LogP contribution in [0.15, 0.2) is 46.9 Å². The van der Waals surface area contributed by atoms with Gasteiger partial charge in [0, 0.05) is 3.57 Å². The largest absolute Gasteiger partial charge is 0.478 e. The van der Waals surface area contributed by atoms with Crippen LogP contribution >= 0.6 is 22.6 Å². The number of carboxylic acid groups (broad SMARTS) is 1. The van der Waals surface area contributed by atoms with Crippen LogP contribution in [-0.2, 0) is 0 Å². The maximum absolute atomic E-state index is 11.1. The first-order chi connectivity index (χ1) is 9.16. The van der Waals surface area contributed by atoms with Crippen molar-refractivity contribution in [2.45, 2.75) is 0 Å². The van der Waals surface area contributed by atoms with Crippen LogP contribution in [0, 0.1) is 3.57 Å². The van der Waals surface area contributed by atoms with Crippen molar-refractivity contribution < 1.29 is 14.3 Å². The number of para-hydroxylation sites is 1. The van der Waals surface area contributed by atoms with E-state index in [9.17, 15) is 4.79 Å². The SMILES string of the molecule is O=C(O)c1cccc2oc(-c3ccccc3I)nc12. The molecule has 3 rings (SSSR count). The fourth-order valence-corrected chi connectivity index (χ4v) is 2.49. The third-order valence-corrected chi connectivity index (χ3v) is 3.69. The zero-order valence-corrected chi connectivity index (χ0v) is 11.8. The van der Waals surface area contributed by atoms with Gasteiger partial charge in [0.25, 0.3) is 0 Å². The van der Waals surface area contributed by atoms with Gasteiger partial charge < -0.3 is 9.52 Å². The number of rotatable bonds is 2. The highest BCUT2D eigenvalue weighted by Crippen LogP contribution is 2.29. The molecule has 2 aromatic carbocycles. The molecule has 0 atom stereocenters. The summed E-state index contributed by atoms with van der Waals surface area (Å²) in [6.45, 7) is 0. The van der Waals surface area contributed by atoms with E-state index < -0.39 is 5.97 Å². The van der Waals surface area contributed by atoms with Crippen LogP contribution < -0.4 is 0 Å². The Bertz CT molecular complexity index is 779. The Morgan fingerprint density at radius 3 is 2.68 bits per heavy atom. The van der Waals surface area contributed by atoms with Crippen molar-refractivity contribution in [2.24, 2.45) is 0 Å². The fraction of sp³-hybridized carbons (Fsp3) is 0. The van der Waals surface area contributed by atoms with E-state index in [1.807, 2.05) is 24.3 Å². The van der Waals surface area contributed by atoms with Crippen molar-refractivity contribution in [1.29, 1.82) is 0 Å². The first kappa shape index (κ1) is 12.2. The summed E-state index contributed by atoms with van der Waals surface area (Å²) in [5.41, 5.74) is 1.87. The van der Waals surface area contributed by atoms with Crippen molar-refractivity contribution in [2.75, 3.05) is 0 Å². The second-order valence-electron chi connectivity index (χ2n) is 3.96. The number of fused-ring (bicyclic) bond motifs is 1. The van der Waals surface area contributed by atoms with Gasteiger partial charge in [0.15, 0.2) is 5.58 Å². The van der Waals surface area contributed by atoms with Gasteiger partial charge in [-0.3, -0.25) is 0 Å². The predicted molar refractivity (Wildman–Crippen MR) is 79.1 cm³/mol. The summed E-state index contributed by atoms with van der Waals surface area (Å²) in [7, 11) is 0. The molecule has 0 unspecified atom stereocenters. The van der Waals surface area contributed by atoms with Crippen molar-refractivity contribution in [3.8, 4) is 11.5 Å². The van der Waals surface area contributed by atoms with E-state index in [1.54, 1.807) is 12.1 Å². The van der Waals surface area contributed by atoms with Crippen molar-refractivity contribution >= 4 is 39.7 Å². The van der Waals surface area contributed by atoms with E-state index in [1.165, 1.54) is 6.07 Å². The van der Waals surface area contributed by atoms with Crippen molar-refractivity contribution in [3.63, 3.8) is 0 Å². The third kappa shape index (κ3) is 2.10. The van der Waals surface area contributed by atoms with Crippen LogP contribution in [-0.4, -0.2) is 16.1 Å². The van der Waals surface area contributed by atoms with Gasteiger partial charge in [0.2, 0.25) is 5.89 Å². The maximum atomic E-state index is 11.1. The normalized spacial score (nSPS) is 10.8. The van der Waals surface area contributed by atoms with E-state index in [4.69, 9.17) is 9.52 Å². The van der Waals surface area contributed by atoms with E-state index in [0.717, 1.165) is 9.13 Å². The molecule has 94 valence electrons. The Morgan fingerprint density at radius 2 is 1.95 bits per heavy atom. The molecule has 0 radical (unpaired) electrons. The van der Waals surface area contributed by atoms with Gasteiger partial charge in [-0.05, 0) is 46.9 Å². The number of hydrogen-bond donors (Lipinski definition) is 1. The van der Waals surface area contributed by atoms with Crippen LogP contribution in [0.4, 0.5) is 0 Å². The van der Waals surface area contributed by atoms with Crippen LogP contribution in [0.3, 0.4) is 0 Å². The molecular formula is C14H8INO3. The summed E-state index contributed by atoms with van der Waals surface area (Å²) >= 11 is 2.19. The molecular weight excluding hydrogens is 357 g/mol. The highest BCUT2D eigenvalue weighted by Gasteiger charge is 2.16. The Morgan fingerprint density at radius 1 is 1.16 bits per heavy atom. The number of oxazole rings is 1. The van der Waals surface area contributed by atoms with Gasteiger partial charge in [-0.15, -0.1) is 0 Å². The van der Waals surface area contributed by atoms with Crippen LogP contribution in [0.2, 0.25) is 0 Å². The zero-order chi connectivity index (χ0) is 13.4. The number of carbonyl (C=O) groups is 1. The summed E-state index contributed by atoms with van der Waals surface area (Å²) in [6.07, 6.45) is 0. The lowest BCUT2D eigenvalue weighted by Crippen LogP contribution is -1.96. The minimum absolute atomic E-state index is 0.151. The molecule has 1 N–H and O–H groups in total. The van der Waals surface area contributed by atoms with Crippen molar-refractivity contribution in [1.82, 2.24) is 4.98 Å². The first-order valence-electron chi connectivity index (χ1n) is 5.54. The molecule has 0 spiro atoms. The summed E-state index contributed by atoms with van der Waals surface area (Å²) in [4.78, 5) is 15.5. The Kier molecular flexibility index (Phi) is 2.98. The monoisotopic (exact) mass is 365 g/mol. The maximum Gasteiger partial charge on any atom is 0.338 e. The van der Waals surface area contributed by atoms with Crippen LogP contribution in [0.1, 0.15) is 10.4 Å². The smallest absolute Gasteiger partial charge is 0.338 e.